The van der Waals surface area contributed by atoms with Crippen LogP contribution in [0.25, 0.3) is 16.3 Å². The first-order valence-electron chi connectivity index (χ1n) is 6.54. The zero-order valence-electron chi connectivity index (χ0n) is 11.8. The molecule has 0 unspecified atom stereocenters. The van der Waals surface area contributed by atoms with Gasteiger partial charge in [-0.05, 0) is 50.1 Å². The van der Waals surface area contributed by atoms with Crippen molar-refractivity contribution in [1.29, 1.82) is 0 Å². The van der Waals surface area contributed by atoms with Crippen LogP contribution in [0.5, 0.6) is 0 Å². The molecule has 3 rings (SSSR count). The lowest BCUT2D eigenvalue weighted by molar-refractivity contribution is 0.876. The van der Waals surface area contributed by atoms with E-state index < -0.39 is 0 Å². The molecule has 0 saturated heterocycles. The zero-order valence-corrected chi connectivity index (χ0v) is 12.7. The Hall–Kier alpha value is -2.07. The van der Waals surface area contributed by atoms with E-state index in [1.54, 1.807) is 11.3 Å². The van der Waals surface area contributed by atoms with Crippen molar-refractivity contribution in [3.63, 3.8) is 0 Å². The Morgan fingerprint density at radius 3 is 2.60 bits per heavy atom. The molecule has 3 aromatic rings. The number of nitrogen functional groups attached to an aromatic ring is 1. The van der Waals surface area contributed by atoms with E-state index in [0.717, 1.165) is 16.3 Å². The summed E-state index contributed by atoms with van der Waals surface area (Å²) in [5.74, 6) is 0. The number of hydrogen-bond acceptors (Lipinski definition) is 3. The number of benzene rings is 1. The zero-order chi connectivity index (χ0) is 14.3. The van der Waals surface area contributed by atoms with Gasteiger partial charge in [-0.25, -0.2) is 4.68 Å². The smallest absolute Gasteiger partial charge is 0.126 e. The quantitative estimate of drug-likeness (QED) is 0.769. The van der Waals surface area contributed by atoms with Crippen LogP contribution in [-0.2, 0) is 0 Å². The summed E-state index contributed by atoms with van der Waals surface area (Å²) in [6, 6.07) is 10.5. The third-order valence-corrected chi connectivity index (χ3v) is 4.34. The number of hydrogen-bond donors (Lipinski definition) is 1. The maximum atomic E-state index is 6.13. The van der Waals surface area contributed by atoms with Gasteiger partial charge in [0.2, 0.25) is 0 Å². The van der Waals surface area contributed by atoms with Crippen molar-refractivity contribution in [3.8, 4) is 16.3 Å². The van der Waals surface area contributed by atoms with Gasteiger partial charge < -0.3 is 5.73 Å². The van der Waals surface area contributed by atoms with Crippen molar-refractivity contribution in [3.05, 3.63) is 52.5 Å². The molecule has 0 atom stereocenters. The number of anilines is 1. The van der Waals surface area contributed by atoms with E-state index in [-0.39, 0.29) is 0 Å². The average molecular weight is 283 g/mol. The number of nitrogens with two attached hydrogens (primary N) is 1. The third-order valence-electron chi connectivity index (χ3n) is 3.33. The van der Waals surface area contributed by atoms with Gasteiger partial charge in [-0.1, -0.05) is 12.1 Å². The van der Waals surface area contributed by atoms with Crippen molar-refractivity contribution in [1.82, 2.24) is 9.78 Å². The van der Waals surface area contributed by atoms with Gasteiger partial charge in [0.15, 0.2) is 0 Å². The monoisotopic (exact) mass is 283 g/mol. The Labute approximate surface area is 122 Å². The molecule has 0 aliphatic rings. The predicted molar refractivity (Wildman–Crippen MR) is 85.5 cm³/mol. The van der Waals surface area contributed by atoms with Crippen LogP contribution in [0.4, 0.5) is 5.69 Å². The summed E-state index contributed by atoms with van der Waals surface area (Å²) in [5.41, 5.74) is 11.2. The summed E-state index contributed by atoms with van der Waals surface area (Å²) < 4.78 is 1.88. The number of thiophene rings is 1. The highest BCUT2D eigenvalue weighted by Crippen LogP contribution is 2.31. The molecule has 0 radical (unpaired) electrons. The molecule has 2 heterocycles. The van der Waals surface area contributed by atoms with Crippen LogP contribution in [-0.4, -0.2) is 9.78 Å². The Balaban J connectivity index is 2.11. The Kier molecular flexibility index (Phi) is 3.10. The molecule has 3 nitrogen and oxygen atoms in total. The van der Waals surface area contributed by atoms with Crippen molar-refractivity contribution in [2.24, 2.45) is 0 Å². The molecule has 0 saturated carbocycles. The first-order chi connectivity index (χ1) is 9.54. The molecule has 0 bridgehead atoms. The molecule has 1 aromatic carbocycles. The maximum absolute atomic E-state index is 6.13. The summed E-state index contributed by atoms with van der Waals surface area (Å²) in [5, 5.41) is 4.67. The lowest BCUT2D eigenvalue weighted by atomic mass is 10.1. The highest BCUT2D eigenvalue weighted by atomic mass is 32.1. The fourth-order valence-electron chi connectivity index (χ4n) is 2.23. The number of aryl methyl sites for hydroxylation is 3. The van der Waals surface area contributed by atoms with E-state index in [1.165, 1.54) is 16.0 Å². The molecule has 4 heteroatoms. The maximum Gasteiger partial charge on any atom is 0.126 e. The minimum atomic E-state index is 0.716. The molecular formula is C16H17N3S. The van der Waals surface area contributed by atoms with Crippen LogP contribution in [0, 0.1) is 20.8 Å². The third kappa shape index (κ3) is 2.23. The van der Waals surface area contributed by atoms with E-state index in [1.807, 2.05) is 10.9 Å². The second-order valence-corrected chi connectivity index (χ2v) is 6.37. The Bertz CT molecular complexity index is 768. The molecule has 0 amide bonds. The lowest BCUT2D eigenvalue weighted by Crippen LogP contribution is -1.98. The second-order valence-electron chi connectivity index (χ2n) is 5.08. The molecular weight excluding hydrogens is 266 g/mol. The molecule has 102 valence electrons. The topological polar surface area (TPSA) is 43.8 Å². The first-order valence-corrected chi connectivity index (χ1v) is 7.36. The summed E-state index contributed by atoms with van der Waals surface area (Å²) >= 11 is 1.72. The van der Waals surface area contributed by atoms with Gasteiger partial charge in [-0.15, -0.1) is 11.3 Å². The van der Waals surface area contributed by atoms with Gasteiger partial charge in [-0.2, -0.15) is 5.10 Å². The molecule has 0 aliphatic heterocycles. The van der Waals surface area contributed by atoms with E-state index >= 15 is 0 Å². The van der Waals surface area contributed by atoms with Gasteiger partial charge >= 0.3 is 0 Å². The second kappa shape index (κ2) is 4.80. The van der Waals surface area contributed by atoms with Crippen LogP contribution in [0.2, 0.25) is 0 Å². The normalized spacial score (nSPS) is 10.9. The number of nitrogens with zero attached hydrogens (tertiary/aromatic N) is 2. The summed E-state index contributed by atoms with van der Waals surface area (Å²) in [6.07, 6.45) is 1.90. The molecule has 0 spiro atoms. The molecule has 0 aliphatic carbocycles. The van der Waals surface area contributed by atoms with Crippen LogP contribution >= 0.6 is 11.3 Å². The van der Waals surface area contributed by atoms with E-state index in [9.17, 15) is 0 Å². The van der Waals surface area contributed by atoms with Gasteiger partial charge in [-0.3, -0.25) is 0 Å². The van der Waals surface area contributed by atoms with Gasteiger partial charge in [0.25, 0.3) is 0 Å². The van der Waals surface area contributed by atoms with Crippen LogP contribution in [0.3, 0.4) is 0 Å². The average Bonchev–Trinajstić information content (AvgIpc) is 2.98. The largest absolute Gasteiger partial charge is 0.396 e. The van der Waals surface area contributed by atoms with Gasteiger partial charge in [0, 0.05) is 4.88 Å². The number of aromatic nitrogens is 2. The van der Waals surface area contributed by atoms with Crippen LogP contribution < -0.4 is 5.73 Å². The van der Waals surface area contributed by atoms with Gasteiger partial charge in [0.1, 0.15) is 5.69 Å². The van der Waals surface area contributed by atoms with E-state index in [0.29, 0.717) is 5.69 Å². The predicted octanol–water partition coefficient (Wildman–Crippen LogP) is 4.11. The highest BCUT2D eigenvalue weighted by Gasteiger charge is 2.12. The molecule has 20 heavy (non-hydrogen) atoms. The SMILES string of the molecule is Cc1ccc(C)c(-n2cc(N)c(-c3ccc(C)s3)n2)c1. The summed E-state index contributed by atoms with van der Waals surface area (Å²) in [6.45, 7) is 6.26. The summed E-state index contributed by atoms with van der Waals surface area (Å²) in [7, 11) is 0. The Morgan fingerprint density at radius 1 is 1.10 bits per heavy atom. The lowest BCUT2D eigenvalue weighted by Gasteiger charge is -2.06. The van der Waals surface area contributed by atoms with Crippen molar-refractivity contribution >= 4 is 17.0 Å². The van der Waals surface area contributed by atoms with Crippen molar-refractivity contribution < 1.29 is 0 Å². The molecule has 2 N–H and O–H groups in total. The molecule has 0 fully saturated rings. The van der Waals surface area contributed by atoms with Crippen LogP contribution in [0.1, 0.15) is 16.0 Å². The van der Waals surface area contributed by atoms with E-state index in [4.69, 9.17) is 5.73 Å². The number of rotatable bonds is 2. The van der Waals surface area contributed by atoms with Crippen molar-refractivity contribution in [2.75, 3.05) is 5.73 Å². The first kappa shape index (κ1) is 12.9. The minimum Gasteiger partial charge on any atom is -0.396 e. The Morgan fingerprint density at radius 2 is 1.90 bits per heavy atom. The van der Waals surface area contributed by atoms with Gasteiger partial charge in [0.05, 0.1) is 22.4 Å². The standard InChI is InChI=1S/C16H17N3S/c1-10-4-5-11(2)14(8-10)19-9-13(17)16(18-19)15-7-6-12(3)20-15/h4-9H,17H2,1-3H3. The minimum absolute atomic E-state index is 0.716. The molecule has 2 aromatic heterocycles. The highest BCUT2D eigenvalue weighted by molar-refractivity contribution is 7.15. The fraction of sp³-hybridized carbons (Fsp3) is 0.188. The van der Waals surface area contributed by atoms with Crippen molar-refractivity contribution in [2.45, 2.75) is 20.8 Å². The fourth-order valence-corrected chi connectivity index (χ4v) is 3.10. The summed E-state index contributed by atoms with van der Waals surface area (Å²) in [4.78, 5) is 2.38. The van der Waals surface area contributed by atoms with E-state index in [2.05, 4.69) is 56.2 Å². The van der Waals surface area contributed by atoms with Crippen LogP contribution in [0.15, 0.2) is 36.5 Å².